The molecule has 11 heteroatoms. The van der Waals surface area contributed by atoms with Crippen molar-refractivity contribution in [2.45, 2.75) is 51.5 Å². The largest absolute Gasteiger partial charge is 0.394 e. The number of nitro groups is 1. The Morgan fingerprint density at radius 1 is 0.952 bits per heavy atom. The van der Waals surface area contributed by atoms with E-state index < -0.39 is 53.0 Å². The van der Waals surface area contributed by atoms with Crippen LogP contribution in [0, 0.1) is 21.8 Å². The Bertz CT molecular complexity index is 1280. The molecule has 3 atom stereocenters. The Balaban J connectivity index is 1.73. The average molecular weight is 581 g/mol. The van der Waals surface area contributed by atoms with Gasteiger partial charge in [0.15, 0.2) is 0 Å². The van der Waals surface area contributed by atoms with Crippen LogP contribution in [0.4, 0.5) is 10.1 Å². The number of carbonyl (C=O) groups excluding carboxylic acids is 2. The predicted molar refractivity (Wildman–Crippen MR) is 155 cm³/mol. The van der Waals surface area contributed by atoms with Crippen LogP contribution in [0.1, 0.15) is 43.1 Å². The Morgan fingerprint density at radius 3 is 2.02 bits per heavy atom. The number of hydrogen-bond acceptors (Lipinski definition) is 7. The number of rotatable bonds is 15. The first-order valence-corrected chi connectivity index (χ1v) is 13.7. The standard InChI is InChI=1S/C31H37FN4O6/c1-21(2)15-26(30(39)33-17-29(38)24-13-14-25(32)27(16-24)36(41)42)34-31(40)28(20-37)35(18-22-9-5-3-6-10-22)19-23-11-7-4-8-12-23/h3-14,16,21,26,28-29,37-38H,15,17-20H2,1-2H3,(H,33,39)(H,34,40)/t26-,28-,29+/m0/s1. The molecule has 0 unspecified atom stereocenters. The van der Waals surface area contributed by atoms with Crippen LogP contribution in [0.3, 0.4) is 0 Å². The van der Waals surface area contributed by atoms with Gasteiger partial charge in [0.05, 0.1) is 17.6 Å². The van der Waals surface area contributed by atoms with Crippen LogP contribution in [0.15, 0.2) is 78.9 Å². The molecule has 4 N–H and O–H groups in total. The molecule has 0 spiro atoms. The molecule has 2 amide bonds. The summed E-state index contributed by atoms with van der Waals surface area (Å²) in [6.45, 7) is 3.74. The summed E-state index contributed by atoms with van der Waals surface area (Å²) in [6, 6.07) is 20.2. The molecular weight excluding hydrogens is 543 g/mol. The Labute approximate surface area is 244 Å². The number of amides is 2. The fraction of sp³-hybridized carbons (Fsp3) is 0.355. The number of nitro benzene ring substituents is 1. The quantitative estimate of drug-likeness (QED) is 0.159. The van der Waals surface area contributed by atoms with Gasteiger partial charge in [0.2, 0.25) is 17.6 Å². The first-order valence-electron chi connectivity index (χ1n) is 13.7. The van der Waals surface area contributed by atoms with Crippen molar-refractivity contribution >= 4 is 17.5 Å². The topological polar surface area (TPSA) is 145 Å². The number of benzene rings is 3. The number of aliphatic hydroxyl groups excluding tert-OH is 2. The van der Waals surface area contributed by atoms with E-state index in [0.717, 1.165) is 23.3 Å². The van der Waals surface area contributed by atoms with Gasteiger partial charge in [0.1, 0.15) is 12.1 Å². The Morgan fingerprint density at radius 2 is 1.52 bits per heavy atom. The summed E-state index contributed by atoms with van der Waals surface area (Å²) in [5.74, 6) is -2.11. The molecule has 0 bridgehead atoms. The number of nitrogens with zero attached hydrogens (tertiary/aromatic N) is 2. The van der Waals surface area contributed by atoms with E-state index in [-0.39, 0.29) is 24.4 Å². The normalized spacial score (nSPS) is 13.4. The third-order valence-corrected chi connectivity index (χ3v) is 6.73. The summed E-state index contributed by atoms with van der Waals surface area (Å²) in [5, 5.41) is 37.2. The Kier molecular flexibility index (Phi) is 12.1. The lowest BCUT2D eigenvalue weighted by molar-refractivity contribution is -0.387. The third-order valence-electron chi connectivity index (χ3n) is 6.73. The minimum absolute atomic E-state index is 0.0167. The molecule has 0 saturated heterocycles. The highest BCUT2D eigenvalue weighted by Crippen LogP contribution is 2.22. The van der Waals surface area contributed by atoms with Gasteiger partial charge in [0.25, 0.3) is 0 Å². The molecule has 0 radical (unpaired) electrons. The first-order chi connectivity index (χ1) is 20.1. The fourth-order valence-electron chi connectivity index (χ4n) is 4.56. The van der Waals surface area contributed by atoms with E-state index in [0.29, 0.717) is 13.1 Å². The van der Waals surface area contributed by atoms with Gasteiger partial charge >= 0.3 is 5.69 Å². The molecule has 0 fully saturated rings. The zero-order chi connectivity index (χ0) is 30.6. The molecule has 0 aromatic heterocycles. The summed E-state index contributed by atoms with van der Waals surface area (Å²) in [7, 11) is 0. The number of halogens is 1. The minimum atomic E-state index is -1.35. The molecule has 3 aromatic rings. The highest BCUT2D eigenvalue weighted by molar-refractivity contribution is 5.89. The SMILES string of the molecule is CC(C)C[C@H](NC(=O)[C@H](CO)N(Cc1ccccc1)Cc1ccccc1)C(=O)NC[C@@H](O)c1ccc(F)c([N+](=O)[O-])c1. The van der Waals surface area contributed by atoms with E-state index in [1.165, 1.54) is 6.07 Å². The second-order valence-electron chi connectivity index (χ2n) is 10.5. The van der Waals surface area contributed by atoms with Crippen molar-refractivity contribution in [2.24, 2.45) is 5.92 Å². The summed E-state index contributed by atoms with van der Waals surface area (Å²) in [4.78, 5) is 38.7. The molecule has 0 aliphatic heterocycles. The smallest absolute Gasteiger partial charge is 0.305 e. The van der Waals surface area contributed by atoms with Gasteiger partial charge in [-0.15, -0.1) is 0 Å². The van der Waals surface area contributed by atoms with Crippen molar-refractivity contribution in [2.75, 3.05) is 13.2 Å². The van der Waals surface area contributed by atoms with E-state index in [4.69, 9.17) is 0 Å². The molecule has 0 saturated carbocycles. The lowest BCUT2D eigenvalue weighted by Gasteiger charge is -2.31. The third kappa shape index (κ3) is 9.44. The molecular formula is C31H37FN4O6. The van der Waals surface area contributed by atoms with Gasteiger partial charge in [-0.2, -0.15) is 4.39 Å². The van der Waals surface area contributed by atoms with Gasteiger partial charge < -0.3 is 20.8 Å². The van der Waals surface area contributed by atoms with Gasteiger partial charge in [0, 0.05) is 25.7 Å². The van der Waals surface area contributed by atoms with Crippen molar-refractivity contribution in [3.8, 4) is 0 Å². The maximum absolute atomic E-state index is 13.7. The zero-order valence-corrected chi connectivity index (χ0v) is 23.7. The summed E-state index contributed by atoms with van der Waals surface area (Å²) in [6.07, 6.45) is -1.06. The van der Waals surface area contributed by atoms with Crippen molar-refractivity contribution in [3.05, 3.63) is 111 Å². The minimum Gasteiger partial charge on any atom is -0.394 e. The van der Waals surface area contributed by atoms with Crippen molar-refractivity contribution in [3.63, 3.8) is 0 Å². The molecule has 224 valence electrons. The lowest BCUT2D eigenvalue weighted by Crippen LogP contribution is -2.55. The molecule has 0 heterocycles. The molecule has 3 rings (SSSR count). The summed E-state index contributed by atoms with van der Waals surface area (Å²) in [5.41, 5.74) is 1.18. The number of aliphatic hydroxyl groups is 2. The number of nitrogens with one attached hydrogen (secondary N) is 2. The van der Waals surface area contributed by atoms with E-state index >= 15 is 0 Å². The highest BCUT2D eigenvalue weighted by Gasteiger charge is 2.30. The molecule has 0 aliphatic rings. The van der Waals surface area contributed by atoms with Crippen LogP contribution in [-0.4, -0.2) is 57.1 Å². The van der Waals surface area contributed by atoms with Gasteiger partial charge in [-0.05, 0) is 35.1 Å². The van der Waals surface area contributed by atoms with Gasteiger partial charge in [-0.25, -0.2) is 0 Å². The van der Waals surface area contributed by atoms with Crippen molar-refractivity contribution in [1.82, 2.24) is 15.5 Å². The summed E-state index contributed by atoms with van der Waals surface area (Å²) < 4.78 is 13.7. The van der Waals surface area contributed by atoms with Gasteiger partial charge in [-0.1, -0.05) is 80.6 Å². The van der Waals surface area contributed by atoms with E-state index in [1.54, 1.807) is 0 Å². The zero-order valence-electron chi connectivity index (χ0n) is 23.7. The maximum Gasteiger partial charge on any atom is 0.305 e. The van der Waals surface area contributed by atoms with E-state index in [2.05, 4.69) is 10.6 Å². The molecule has 3 aromatic carbocycles. The van der Waals surface area contributed by atoms with Crippen LogP contribution < -0.4 is 10.6 Å². The van der Waals surface area contributed by atoms with Crippen molar-refractivity contribution < 1.29 is 29.1 Å². The Hall–Kier alpha value is -4.19. The molecule has 42 heavy (non-hydrogen) atoms. The second kappa shape index (κ2) is 15.7. The lowest BCUT2D eigenvalue weighted by atomic mass is 10.0. The van der Waals surface area contributed by atoms with Crippen LogP contribution in [0.5, 0.6) is 0 Å². The predicted octanol–water partition coefficient (Wildman–Crippen LogP) is 3.48. The van der Waals surface area contributed by atoms with E-state index in [9.17, 15) is 34.3 Å². The summed E-state index contributed by atoms with van der Waals surface area (Å²) >= 11 is 0. The van der Waals surface area contributed by atoms with Gasteiger partial charge in [-0.3, -0.25) is 24.6 Å². The van der Waals surface area contributed by atoms with E-state index in [1.807, 2.05) is 79.4 Å². The second-order valence-corrected chi connectivity index (χ2v) is 10.5. The maximum atomic E-state index is 13.7. The fourth-order valence-corrected chi connectivity index (χ4v) is 4.56. The average Bonchev–Trinajstić information content (AvgIpc) is 2.96. The monoisotopic (exact) mass is 580 g/mol. The van der Waals surface area contributed by atoms with Crippen molar-refractivity contribution in [1.29, 1.82) is 0 Å². The molecule has 10 nitrogen and oxygen atoms in total. The van der Waals surface area contributed by atoms with Crippen LogP contribution in [0.25, 0.3) is 0 Å². The molecule has 0 aliphatic carbocycles. The van der Waals surface area contributed by atoms with Crippen LogP contribution in [-0.2, 0) is 22.7 Å². The highest BCUT2D eigenvalue weighted by atomic mass is 19.1. The number of carbonyl (C=O) groups is 2. The van der Waals surface area contributed by atoms with Crippen LogP contribution >= 0.6 is 0 Å². The number of hydrogen-bond donors (Lipinski definition) is 4. The first kappa shape index (κ1) is 32.3. The van der Waals surface area contributed by atoms with Crippen LogP contribution in [0.2, 0.25) is 0 Å².